The topological polar surface area (TPSA) is 96.1 Å². The van der Waals surface area contributed by atoms with E-state index in [0.29, 0.717) is 24.5 Å². The van der Waals surface area contributed by atoms with E-state index < -0.39 is 10.0 Å². The zero-order valence-electron chi connectivity index (χ0n) is 17.9. The zero-order chi connectivity index (χ0) is 22.2. The number of sulfonamides is 1. The van der Waals surface area contributed by atoms with E-state index in [1.807, 2.05) is 0 Å². The van der Waals surface area contributed by atoms with Crippen molar-refractivity contribution in [2.75, 3.05) is 39.3 Å². The van der Waals surface area contributed by atoms with Crippen molar-refractivity contribution < 1.29 is 22.4 Å². The Morgan fingerprint density at radius 1 is 0.935 bits per heavy atom. The van der Waals surface area contributed by atoms with E-state index in [9.17, 15) is 18.0 Å². The molecule has 2 aromatic heterocycles. The molecule has 0 saturated carbocycles. The lowest BCUT2D eigenvalue weighted by Gasteiger charge is -2.33. The van der Waals surface area contributed by atoms with E-state index in [1.165, 1.54) is 16.6 Å². The molecule has 2 aliphatic rings. The molecule has 0 bridgehead atoms. The van der Waals surface area contributed by atoms with E-state index in [1.54, 1.807) is 40.5 Å². The summed E-state index contributed by atoms with van der Waals surface area (Å²) in [4.78, 5) is 28.9. The summed E-state index contributed by atoms with van der Waals surface area (Å²) in [6.07, 6.45) is 4.50. The average molecular weight is 449 g/mol. The van der Waals surface area contributed by atoms with Crippen molar-refractivity contribution in [1.82, 2.24) is 18.7 Å². The van der Waals surface area contributed by atoms with Crippen molar-refractivity contribution in [3.63, 3.8) is 0 Å². The molecular weight excluding hydrogens is 420 g/mol. The summed E-state index contributed by atoms with van der Waals surface area (Å²) in [6, 6.07) is 4.75. The molecule has 2 fully saturated rings. The molecule has 0 aromatic carbocycles. The number of hydrogen-bond donors (Lipinski definition) is 0. The number of amides is 2. The van der Waals surface area contributed by atoms with E-state index in [2.05, 4.69) is 0 Å². The predicted molar refractivity (Wildman–Crippen MR) is 113 cm³/mol. The number of likely N-dealkylation sites (tertiary alicyclic amines) is 1. The first-order valence-electron chi connectivity index (χ1n) is 10.6. The van der Waals surface area contributed by atoms with Crippen LogP contribution < -0.4 is 0 Å². The van der Waals surface area contributed by atoms with E-state index >= 15 is 0 Å². The smallest absolute Gasteiger partial charge is 0.289 e. The van der Waals surface area contributed by atoms with Gasteiger partial charge in [-0.3, -0.25) is 9.59 Å². The molecule has 168 valence electrons. The highest BCUT2D eigenvalue weighted by molar-refractivity contribution is 7.89. The van der Waals surface area contributed by atoms with Gasteiger partial charge in [0.2, 0.25) is 10.0 Å². The lowest BCUT2D eigenvalue weighted by atomic mass is 10.1. The molecule has 4 rings (SSSR count). The van der Waals surface area contributed by atoms with Gasteiger partial charge in [-0.15, -0.1) is 0 Å². The number of piperazine rings is 1. The van der Waals surface area contributed by atoms with Gasteiger partial charge in [-0.2, -0.15) is 4.31 Å². The maximum Gasteiger partial charge on any atom is 0.289 e. The van der Waals surface area contributed by atoms with Crippen molar-refractivity contribution in [2.45, 2.75) is 31.1 Å². The number of rotatable bonds is 4. The van der Waals surface area contributed by atoms with Gasteiger partial charge in [-0.25, -0.2) is 8.42 Å². The molecule has 0 radical (unpaired) electrons. The van der Waals surface area contributed by atoms with Crippen LogP contribution in [0.5, 0.6) is 0 Å². The number of furan rings is 1. The maximum absolute atomic E-state index is 13.3. The Kier molecular flexibility index (Phi) is 5.94. The highest BCUT2D eigenvalue weighted by Gasteiger charge is 2.34. The summed E-state index contributed by atoms with van der Waals surface area (Å²) in [5.74, 6) is -0.121. The van der Waals surface area contributed by atoms with E-state index in [4.69, 9.17) is 4.42 Å². The summed E-state index contributed by atoms with van der Waals surface area (Å²) in [6.45, 7) is 4.08. The van der Waals surface area contributed by atoms with Crippen LogP contribution in [0, 0.1) is 6.92 Å². The molecule has 2 saturated heterocycles. The van der Waals surface area contributed by atoms with Crippen molar-refractivity contribution in [3.05, 3.63) is 41.6 Å². The minimum atomic E-state index is -3.78. The molecule has 0 spiro atoms. The monoisotopic (exact) mass is 448 g/mol. The molecule has 2 amide bonds. The first-order valence-corrected chi connectivity index (χ1v) is 12.0. The van der Waals surface area contributed by atoms with Gasteiger partial charge in [-0.05, 0) is 44.4 Å². The molecule has 2 aliphatic heterocycles. The van der Waals surface area contributed by atoms with Gasteiger partial charge < -0.3 is 18.8 Å². The highest BCUT2D eigenvalue weighted by Crippen LogP contribution is 2.26. The van der Waals surface area contributed by atoms with Gasteiger partial charge in [-0.1, -0.05) is 0 Å². The van der Waals surface area contributed by atoms with Crippen LogP contribution in [-0.2, 0) is 17.1 Å². The molecule has 0 unspecified atom stereocenters. The molecule has 2 aromatic rings. The van der Waals surface area contributed by atoms with Crippen LogP contribution in [-0.4, -0.2) is 78.2 Å². The van der Waals surface area contributed by atoms with Crippen molar-refractivity contribution in [1.29, 1.82) is 0 Å². The van der Waals surface area contributed by atoms with Crippen LogP contribution in [0.1, 0.15) is 46.0 Å². The molecule has 9 nitrogen and oxygen atoms in total. The summed E-state index contributed by atoms with van der Waals surface area (Å²) in [5.41, 5.74) is 0.930. The number of aromatic nitrogens is 1. The van der Waals surface area contributed by atoms with Crippen molar-refractivity contribution in [2.24, 2.45) is 7.05 Å². The highest BCUT2D eigenvalue weighted by atomic mass is 32.2. The fourth-order valence-corrected chi connectivity index (χ4v) is 5.92. The molecule has 0 aliphatic carbocycles. The van der Waals surface area contributed by atoms with Crippen LogP contribution in [0.2, 0.25) is 0 Å². The van der Waals surface area contributed by atoms with Crippen LogP contribution in [0.25, 0.3) is 0 Å². The van der Waals surface area contributed by atoms with Gasteiger partial charge in [0.25, 0.3) is 11.8 Å². The number of carbonyl (C=O) groups is 2. The maximum atomic E-state index is 13.3. The molecule has 0 atom stereocenters. The van der Waals surface area contributed by atoms with Gasteiger partial charge in [0, 0.05) is 52.0 Å². The second-order valence-corrected chi connectivity index (χ2v) is 9.97. The van der Waals surface area contributed by atoms with Crippen LogP contribution in [0.15, 0.2) is 33.8 Å². The Morgan fingerprint density at radius 2 is 1.58 bits per heavy atom. The summed E-state index contributed by atoms with van der Waals surface area (Å²) in [5, 5.41) is 0. The van der Waals surface area contributed by atoms with Gasteiger partial charge in [0.15, 0.2) is 5.76 Å². The number of carbonyl (C=O) groups excluding carboxylic acids is 2. The van der Waals surface area contributed by atoms with Crippen LogP contribution in [0.3, 0.4) is 0 Å². The second-order valence-electron chi connectivity index (χ2n) is 8.06. The van der Waals surface area contributed by atoms with Crippen LogP contribution >= 0.6 is 0 Å². The largest absolute Gasteiger partial charge is 0.459 e. The van der Waals surface area contributed by atoms with Crippen LogP contribution in [0.4, 0.5) is 0 Å². The molecule has 31 heavy (non-hydrogen) atoms. The third-order valence-electron chi connectivity index (χ3n) is 6.23. The fourth-order valence-electron chi connectivity index (χ4n) is 4.22. The van der Waals surface area contributed by atoms with Gasteiger partial charge in [0.05, 0.1) is 6.26 Å². The molecular formula is C21H28N4O5S. The lowest BCUT2D eigenvalue weighted by molar-refractivity contribution is 0.0665. The third-order valence-corrected chi connectivity index (χ3v) is 8.24. The molecule has 10 heteroatoms. The zero-order valence-corrected chi connectivity index (χ0v) is 18.7. The van der Waals surface area contributed by atoms with Gasteiger partial charge in [0.1, 0.15) is 10.6 Å². The Labute approximate surface area is 182 Å². The van der Waals surface area contributed by atoms with Crippen molar-refractivity contribution >= 4 is 21.8 Å². The fraction of sp³-hybridized carbons (Fsp3) is 0.524. The predicted octanol–water partition coefficient (Wildman–Crippen LogP) is 1.70. The Bertz CT molecular complexity index is 1060. The second kappa shape index (κ2) is 8.51. The molecule has 0 N–H and O–H groups in total. The molecule has 4 heterocycles. The Morgan fingerprint density at radius 3 is 2.19 bits per heavy atom. The normalized spacial score (nSPS) is 18.4. The first-order chi connectivity index (χ1) is 14.8. The third kappa shape index (κ3) is 4.01. The summed E-state index contributed by atoms with van der Waals surface area (Å²) in [7, 11) is -2.05. The minimum absolute atomic E-state index is 0.124. The lowest BCUT2D eigenvalue weighted by Crippen LogP contribution is -2.50. The Balaban J connectivity index is 1.50. The van der Waals surface area contributed by atoms with Gasteiger partial charge >= 0.3 is 0 Å². The van der Waals surface area contributed by atoms with E-state index in [0.717, 1.165) is 19.3 Å². The number of piperidine rings is 1. The number of hydrogen-bond acceptors (Lipinski definition) is 5. The minimum Gasteiger partial charge on any atom is -0.459 e. The number of nitrogens with zero attached hydrogens (tertiary/aromatic N) is 4. The SMILES string of the molecule is Cc1c(S(=O)(=O)N2CCN(C(=O)c3ccco3)CC2)cc(C(=O)N2CCCCC2)n1C. The average Bonchev–Trinajstić information content (AvgIpc) is 3.43. The van der Waals surface area contributed by atoms with E-state index in [-0.39, 0.29) is 48.6 Å². The quantitative estimate of drug-likeness (QED) is 0.709. The van der Waals surface area contributed by atoms with Crippen molar-refractivity contribution in [3.8, 4) is 0 Å². The summed E-state index contributed by atoms with van der Waals surface area (Å²) >= 11 is 0. The Hall–Kier alpha value is -2.59. The first kappa shape index (κ1) is 21.6. The summed E-state index contributed by atoms with van der Waals surface area (Å²) < 4.78 is 34.9. The standard InChI is InChI=1S/C21H28N4O5S/c1-16-19(15-17(22(16)2)20(26)23-8-4-3-5-9-23)31(28,29)25-12-10-24(11-13-25)21(27)18-7-6-14-30-18/h6-7,14-15H,3-5,8-13H2,1-2H3.